The van der Waals surface area contributed by atoms with Gasteiger partial charge in [-0.25, -0.2) is 0 Å². The molecule has 132 valence electrons. The van der Waals surface area contributed by atoms with E-state index in [1.807, 2.05) is 0 Å². The molecule has 2 aliphatic heterocycles. The second-order valence-corrected chi connectivity index (χ2v) is 6.59. The van der Waals surface area contributed by atoms with Gasteiger partial charge >= 0.3 is 0 Å². The van der Waals surface area contributed by atoms with Crippen LogP contribution in [-0.2, 0) is 4.79 Å². The van der Waals surface area contributed by atoms with Gasteiger partial charge in [0.2, 0.25) is 5.91 Å². The van der Waals surface area contributed by atoms with Crippen LogP contribution in [0, 0.1) is 11.8 Å². The molecule has 3 atom stereocenters. The zero-order valence-corrected chi connectivity index (χ0v) is 15.6. The summed E-state index contributed by atoms with van der Waals surface area (Å²) in [4.78, 5) is 14.6. The highest BCUT2D eigenvalue weighted by Crippen LogP contribution is 2.22. The first-order valence-electron chi connectivity index (χ1n) is 8.41. The molecule has 0 bridgehead atoms. The van der Waals surface area contributed by atoms with Crippen molar-refractivity contribution in [3.05, 3.63) is 0 Å². The van der Waals surface area contributed by atoms with E-state index in [0.717, 1.165) is 32.6 Å². The van der Waals surface area contributed by atoms with Crippen molar-refractivity contribution in [1.29, 1.82) is 0 Å². The highest BCUT2D eigenvalue weighted by Gasteiger charge is 2.24. The Kier molecular flexibility index (Phi) is 11.5. The van der Waals surface area contributed by atoms with E-state index in [0.29, 0.717) is 24.3 Å². The molecule has 0 saturated carbocycles. The normalized spacial score (nSPS) is 27.2. The SMILES string of the molecule is CCN1CCCC(NC(=O)CC(C)C2CCCNC2)C1.Cl.Cl. The van der Waals surface area contributed by atoms with Gasteiger partial charge in [0.15, 0.2) is 0 Å². The van der Waals surface area contributed by atoms with Gasteiger partial charge in [-0.1, -0.05) is 13.8 Å². The molecule has 0 aromatic rings. The van der Waals surface area contributed by atoms with Crippen molar-refractivity contribution in [2.24, 2.45) is 11.8 Å². The molecule has 22 heavy (non-hydrogen) atoms. The molecular formula is C16H33Cl2N3O. The van der Waals surface area contributed by atoms with Crippen molar-refractivity contribution >= 4 is 30.7 Å². The average molecular weight is 354 g/mol. The zero-order chi connectivity index (χ0) is 14.4. The first-order valence-corrected chi connectivity index (χ1v) is 8.41. The lowest BCUT2D eigenvalue weighted by Crippen LogP contribution is -2.48. The van der Waals surface area contributed by atoms with Gasteiger partial charge in [0.25, 0.3) is 0 Å². The van der Waals surface area contributed by atoms with Gasteiger partial charge in [-0.05, 0) is 63.7 Å². The largest absolute Gasteiger partial charge is 0.352 e. The van der Waals surface area contributed by atoms with E-state index in [4.69, 9.17) is 0 Å². The van der Waals surface area contributed by atoms with Crippen molar-refractivity contribution in [2.75, 3.05) is 32.7 Å². The number of nitrogens with zero attached hydrogens (tertiary/aromatic N) is 1. The van der Waals surface area contributed by atoms with E-state index in [9.17, 15) is 4.79 Å². The Balaban J connectivity index is 0.00000220. The van der Waals surface area contributed by atoms with Crippen LogP contribution in [0.4, 0.5) is 0 Å². The molecule has 3 unspecified atom stereocenters. The van der Waals surface area contributed by atoms with Gasteiger partial charge in [0.05, 0.1) is 0 Å². The van der Waals surface area contributed by atoms with Gasteiger partial charge in [-0.15, -0.1) is 24.8 Å². The van der Waals surface area contributed by atoms with Crippen molar-refractivity contribution in [2.45, 2.75) is 52.0 Å². The number of rotatable bonds is 5. The molecule has 2 saturated heterocycles. The van der Waals surface area contributed by atoms with Crippen LogP contribution >= 0.6 is 24.8 Å². The van der Waals surface area contributed by atoms with Gasteiger partial charge < -0.3 is 15.5 Å². The lowest BCUT2D eigenvalue weighted by atomic mass is 9.85. The van der Waals surface area contributed by atoms with Gasteiger partial charge in [-0.2, -0.15) is 0 Å². The lowest BCUT2D eigenvalue weighted by molar-refractivity contribution is -0.123. The molecule has 0 spiro atoms. The number of piperidine rings is 2. The number of likely N-dealkylation sites (N-methyl/N-ethyl adjacent to an activating group) is 1. The molecular weight excluding hydrogens is 321 g/mol. The van der Waals surface area contributed by atoms with Crippen LogP contribution in [0.1, 0.15) is 46.0 Å². The summed E-state index contributed by atoms with van der Waals surface area (Å²) < 4.78 is 0. The Hall–Kier alpha value is -0.0300. The van der Waals surface area contributed by atoms with Crippen LogP contribution in [-0.4, -0.2) is 49.6 Å². The molecule has 0 aromatic carbocycles. The number of hydrogen-bond donors (Lipinski definition) is 2. The number of halogens is 2. The maximum atomic E-state index is 12.2. The minimum absolute atomic E-state index is 0. The highest BCUT2D eigenvalue weighted by molar-refractivity contribution is 5.85. The fraction of sp³-hybridized carbons (Fsp3) is 0.938. The monoisotopic (exact) mass is 353 g/mol. The maximum absolute atomic E-state index is 12.2. The molecule has 2 aliphatic rings. The van der Waals surface area contributed by atoms with Crippen LogP contribution in [0.25, 0.3) is 0 Å². The fourth-order valence-corrected chi connectivity index (χ4v) is 3.57. The summed E-state index contributed by atoms with van der Waals surface area (Å²) in [5, 5.41) is 6.70. The Labute approximate surface area is 148 Å². The van der Waals surface area contributed by atoms with Crippen LogP contribution in [0.15, 0.2) is 0 Å². The lowest BCUT2D eigenvalue weighted by Gasteiger charge is -2.33. The number of carbonyl (C=O) groups is 1. The van der Waals surface area contributed by atoms with E-state index in [2.05, 4.69) is 29.4 Å². The number of hydrogen-bond acceptors (Lipinski definition) is 3. The standard InChI is InChI=1S/C16H31N3O.2ClH/c1-3-19-9-5-7-15(12-19)18-16(20)10-13(2)14-6-4-8-17-11-14;;/h13-15,17H,3-12H2,1-2H3,(H,18,20);2*1H. The van der Waals surface area contributed by atoms with Crippen LogP contribution < -0.4 is 10.6 Å². The smallest absolute Gasteiger partial charge is 0.220 e. The molecule has 0 aliphatic carbocycles. The predicted octanol–water partition coefficient (Wildman–Crippen LogP) is 2.46. The fourth-order valence-electron chi connectivity index (χ4n) is 3.57. The van der Waals surface area contributed by atoms with E-state index >= 15 is 0 Å². The molecule has 6 heteroatoms. The zero-order valence-electron chi connectivity index (χ0n) is 14.0. The molecule has 0 aromatic heterocycles. The van der Waals surface area contributed by atoms with E-state index in [-0.39, 0.29) is 30.7 Å². The quantitative estimate of drug-likeness (QED) is 0.797. The van der Waals surface area contributed by atoms with E-state index in [1.165, 1.54) is 25.8 Å². The summed E-state index contributed by atoms with van der Waals surface area (Å²) in [6, 6.07) is 0.368. The predicted molar refractivity (Wildman–Crippen MR) is 97.1 cm³/mol. The second kappa shape index (κ2) is 11.5. The number of amides is 1. The minimum Gasteiger partial charge on any atom is -0.352 e. The summed E-state index contributed by atoms with van der Waals surface area (Å²) in [6.07, 6.45) is 5.57. The third-order valence-corrected chi connectivity index (χ3v) is 4.96. The first kappa shape index (κ1) is 22.0. The average Bonchev–Trinajstić information content (AvgIpc) is 2.48. The third kappa shape index (κ3) is 7.03. The minimum atomic E-state index is 0. The molecule has 2 N–H and O–H groups in total. The molecule has 1 amide bonds. The number of nitrogens with one attached hydrogen (secondary N) is 2. The van der Waals surface area contributed by atoms with Crippen molar-refractivity contribution < 1.29 is 4.79 Å². The summed E-state index contributed by atoms with van der Waals surface area (Å²) in [6.45, 7) is 9.97. The van der Waals surface area contributed by atoms with Gasteiger partial charge in [0.1, 0.15) is 0 Å². The molecule has 4 nitrogen and oxygen atoms in total. The van der Waals surface area contributed by atoms with E-state index < -0.39 is 0 Å². The Morgan fingerprint density at radius 2 is 2.09 bits per heavy atom. The Bertz CT molecular complexity index is 306. The number of likely N-dealkylation sites (tertiary alicyclic amines) is 1. The Morgan fingerprint density at radius 3 is 2.73 bits per heavy atom. The third-order valence-electron chi connectivity index (χ3n) is 4.96. The highest BCUT2D eigenvalue weighted by atomic mass is 35.5. The summed E-state index contributed by atoms with van der Waals surface area (Å²) >= 11 is 0. The van der Waals surface area contributed by atoms with Crippen LogP contribution in [0.5, 0.6) is 0 Å². The maximum Gasteiger partial charge on any atom is 0.220 e. The molecule has 2 rings (SSSR count). The topological polar surface area (TPSA) is 44.4 Å². The van der Waals surface area contributed by atoms with Gasteiger partial charge in [-0.3, -0.25) is 4.79 Å². The summed E-state index contributed by atoms with van der Waals surface area (Å²) in [5.41, 5.74) is 0. The van der Waals surface area contributed by atoms with Crippen molar-refractivity contribution in [3.8, 4) is 0 Å². The van der Waals surface area contributed by atoms with Crippen LogP contribution in [0.3, 0.4) is 0 Å². The summed E-state index contributed by atoms with van der Waals surface area (Å²) in [7, 11) is 0. The van der Waals surface area contributed by atoms with Crippen LogP contribution in [0.2, 0.25) is 0 Å². The van der Waals surface area contributed by atoms with Crippen molar-refractivity contribution in [3.63, 3.8) is 0 Å². The van der Waals surface area contributed by atoms with E-state index in [1.54, 1.807) is 0 Å². The summed E-state index contributed by atoms with van der Waals surface area (Å²) in [5.74, 6) is 1.42. The Morgan fingerprint density at radius 1 is 1.32 bits per heavy atom. The molecule has 2 heterocycles. The second-order valence-electron chi connectivity index (χ2n) is 6.59. The molecule has 2 fully saturated rings. The van der Waals surface area contributed by atoms with Gasteiger partial charge in [0, 0.05) is 19.0 Å². The molecule has 0 radical (unpaired) electrons. The first-order chi connectivity index (χ1) is 9.69. The van der Waals surface area contributed by atoms with Crippen molar-refractivity contribution in [1.82, 2.24) is 15.5 Å². The number of carbonyl (C=O) groups excluding carboxylic acids is 1.